The minimum absolute atomic E-state index is 0.0742. The summed E-state index contributed by atoms with van der Waals surface area (Å²) in [5, 5.41) is 2.84. The van der Waals surface area contributed by atoms with E-state index in [-0.39, 0.29) is 18.1 Å². The van der Waals surface area contributed by atoms with Gasteiger partial charge in [0.2, 0.25) is 0 Å². The molecule has 0 unspecified atom stereocenters. The molecule has 0 fully saturated rings. The summed E-state index contributed by atoms with van der Waals surface area (Å²) in [7, 11) is 0. The van der Waals surface area contributed by atoms with Crippen LogP contribution in [0.4, 0.5) is 0 Å². The number of benzene rings is 2. The summed E-state index contributed by atoms with van der Waals surface area (Å²) in [6.45, 7) is 4.85. The zero-order chi connectivity index (χ0) is 18.8. The molecule has 0 aliphatic rings. The highest BCUT2D eigenvalue weighted by atomic mass is 16.5. The van der Waals surface area contributed by atoms with E-state index in [0.717, 1.165) is 18.4 Å². The molecule has 0 heterocycles. The van der Waals surface area contributed by atoms with Crippen LogP contribution in [0.3, 0.4) is 0 Å². The summed E-state index contributed by atoms with van der Waals surface area (Å²) in [5.74, 6) is 0.961. The Morgan fingerprint density at radius 1 is 0.962 bits per heavy atom. The SMILES string of the molecule is CCC(N)(CC)CNC(=O)COc1ccccc1OCc1ccccc1. The summed E-state index contributed by atoms with van der Waals surface area (Å²) in [6, 6.07) is 17.2. The molecule has 0 atom stereocenters. The van der Waals surface area contributed by atoms with Crippen molar-refractivity contribution >= 4 is 5.91 Å². The number of amides is 1. The van der Waals surface area contributed by atoms with Crippen molar-refractivity contribution < 1.29 is 14.3 Å². The van der Waals surface area contributed by atoms with E-state index in [4.69, 9.17) is 15.2 Å². The fourth-order valence-electron chi connectivity index (χ4n) is 2.39. The molecule has 5 nitrogen and oxygen atoms in total. The largest absolute Gasteiger partial charge is 0.485 e. The van der Waals surface area contributed by atoms with Crippen LogP contribution in [-0.4, -0.2) is 24.6 Å². The topological polar surface area (TPSA) is 73.6 Å². The maximum atomic E-state index is 12.1. The van der Waals surface area contributed by atoms with Crippen LogP contribution < -0.4 is 20.5 Å². The van der Waals surface area contributed by atoms with E-state index >= 15 is 0 Å². The number of nitrogens with two attached hydrogens (primary N) is 1. The molecule has 2 aromatic rings. The van der Waals surface area contributed by atoms with Crippen molar-refractivity contribution in [1.29, 1.82) is 0 Å². The molecule has 0 radical (unpaired) electrons. The minimum atomic E-state index is -0.369. The highest BCUT2D eigenvalue weighted by Crippen LogP contribution is 2.27. The number of para-hydroxylation sites is 2. The standard InChI is InChI=1S/C21H28N2O3/c1-3-21(22,4-2)16-23-20(24)15-26-19-13-9-8-12-18(19)25-14-17-10-6-5-7-11-17/h5-13H,3-4,14-16,22H2,1-2H3,(H,23,24). The van der Waals surface area contributed by atoms with Crippen molar-refractivity contribution in [3.05, 3.63) is 60.2 Å². The monoisotopic (exact) mass is 356 g/mol. The molecule has 0 bridgehead atoms. The molecule has 0 saturated carbocycles. The first-order chi connectivity index (χ1) is 12.6. The summed E-state index contributed by atoms with van der Waals surface area (Å²) in [4.78, 5) is 12.1. The molecule has 0 saturated heterocycles. The van der Waals surface area contributed by atoms with Gasteiger partial charge in [0.25, 0.3) is 5.91 Å². The molecule has 5 heteroatoms. The van der Waals surface area contributed by atoms with Crippen molar-refractivity contribution in [2.24, 2.45) is 5.73 Å². The molecule has 0 aromatic heterocycles. The molecule has 0 aliphatic carbocycles. The van der Waals surface area contributed by atoms with Gasteiger partial charge >= 0.3 is 0 Å². The third-order valence-electron chi connectivity index (χ3n) is 4.49. The normalized spacial score (nSPS) is 11.0. The van der Waals surface area contributed by atoms with Gasteiger partial charge in [-0.05, 0) is 30.5 Å². The Kier molecular flexibility index (Phi) is 7.48. The fraction of sp³-hybridized carbons (Fsp3) is 0.381. The van der Waals surface area contributed by atoms with Crippen LogP contribution in [0.2, 0.25) is 0 Å². The predicted molar refractivity (Wildman–Crippen MR) is 103 cm³/mol. The summed E-state index contributed by atoms with van der Waals surface area (Å²) in [5.41, 5.74) is 6.89. The zero-order valence-electron chi connectivity index (χ0n) is 15.5. The van der Waals surface area contributed by atoms with E-state index in [0.29, 0.717) is 24.7 Å². The van der Waals surface area contributed by atoms with Crippen LogP contribution in [0, 0.1) is 0 Å². The quantitative estimate of drug-likeness (QED) is 0.685. The average molecular weight is 356 g/mol. The molecule has 2 aromatic carbocycles. The van der Waals surface area contributed by atoms with Gasteiger partial charge in [-0.25, -0.2) is 0 Å². The second-order valence-electron chi connectivity index (χ2n) is 6.36. The maximum absolute atomic E-state index is 12.1. The van der Waals surface area contributed by atoms with Crippen LogP contribution in [-0.2, 0) is 11.4 Å². The number of carbonyl (C=O) groups excluding carboxylic acids is 1. The Morgan fingerprint density at radius 3 is 2.15 bits per heavy atom. The van der Waals surface area contributed by atoms with Crippen LogP contribution in [0.5, 0.6) is 11.5 Å². The van der Waals surface area contributed by atoms with Crippen LogP contribution >= 0.6 is 0 Å². The Morgan fingerprint density at radius 2 is 1.54 bits per heavy atom. The van der Waals surface area contributed by atoms with E-state index in [1.165, 1.54) is 0 Å². The van der Waals surface area contributed by atoms with Crippen molar-refractivity contribution in [1.82, 2.24) is 5.32 Å². The fourth-order valence-corrected chi connectivity index (χ4v) is 2.39. The average Bonchev–Trinajstić information content (AvgIpc) is 2.70. The van der Waals surface area contributed by atoms with Gasteiger partial charge in [0, 0.05) is 12.1 Å². The van der Waals surface area contributed by atoms with Gasteiger partial charge < -0.3 is 20.5 Å². The van der Waals surface area contributed by atoms with Crippen LogP contribution in [0.25, 0.3) is 0 Å². The number of nitrogens with one attached hydrogen (secondary N) is 1. The molecule has 1 amide bonds. The minimum Gasteiger partial charge on any atom is -0.485 e. The molecule has 0 spiro atoms. The van der Waals surface area contributed by atoms with Gasteiger partial charge in [-0.2, -0.15) is 0 Å². The lowest BCUT2D eigenvalue weighted by atomic mass is 9.94. The number of hydrogen-bond donors (Lipinski definition) is 2. The van der Waals surface area contributed by atoms with Crippen molar-refractivity contribution in [2.75, 3.05) is 13.2 Å². The maximum Gasteiger partial charge on any atom is 0.258 e. The molecule has 2 rings (SSSR count). The lowest BCUT2D eigenvalue weighted by molar-refractivity contribution is -0.123. The molecule has 3 N–H and O–H groups in total. The van der Waals surface area contributed by atoms with E-state index in [1.54, 1.807) is 6.07 Å². The van der Waals surface area contributed by atoms with Crippen LogP contribution in [0.1, 0.15) is 32.3 Å². The van der Waals surface area contributed by atoms with Gasteiger partial charge in [-0.3, -0.25) is 4.79 Å². The van der Waals surface area contributed by atoms with Crippen molar-refractivity contribution in [3.8, 4) is 11.5 Å². The Balaban J connectivity index is 1.86. The first-order valence-corrected chi connectivity index (χ1v) is 9.00. The highest BCUT2D eigenvalue weighted by Gasteiger charge is 2.21. The van der Waals surface area contributed by atoms with E-state index < -0.39 is 0 Å². The second-order valence-corrected chi connectivity index (χ2v) is 6.36. The highest BCUT2D eigenvalue weighted by molar-refractivity contribution is 5.77. The van der Waals surface area contributed by atoms with Gasteiger partial charge in [0.1, 0.15) is 6.61 Å². The Labute approximate surface area is 155 Å². The van der Waals surface area contributed by atoms with Gasteiger partial charge in [-0.1, -0.05) is 56.3 Å². The van der Waals surface area contributed by atoms with Crippen molar-refractivity contribution in [3.63, 3.8) is 0 Å². The molecule has 0 aliphatic heterocycles. The molecule has 26 heavy (non-hydrogen) atoms. The lowest BCUT2D eigenvalue weighted by Crippen LogP contribution is -2.50. The summed E-state index contributed by atoms with van der Waals surface area (Å²) in [6.07, 6.45) is 1.61. The van der Waals surface area contributed by atoms with Crippen molar-refractivity contribution in [2.45, 2.75) is 38.8 Å². The Hall–Kier alpha value is -2.53. The number of hydrogen-bond acceptors (Lipinski definition) is 4. The number of carbonyl (C=O) groups is 1. The van der Waals surface area contributed by atoms with Gasteiger partial charge in [0.15, 0.2) is 18.1 Å². The molecular weight excluding hydrogens is 328 g/mol. The Bertz CT molecular complexity index is 685. The van der Waals surface area contributed by atoms with E-state index in [1.807, 2.05) is 62.4 Å². The second kappa shape index (κ2) is 9.82. The lowest BCUT2D eigenvalue weighted by Gasteiger charge is -2.26. The number of ether oxygens (including phenoxy) is 2. The first kappa shape index (κ1) is 19.8. The molecular formula is C21H28N2O3. The predicted octanol–water partition coefficient (Wildman–Crippen LogP) is 3.28. The van der Waals surface area contributed by atoms with Crippen LogP contribution in [0.15, 0.2) is 54.6 Å². The third-order valence-corrected chi connectivity index (χ3v) is 4.49. The molecule has 140 valence electrons. The summed E-state index contributed by atoms with van der Waals surface area (Å²) >= 11 is 0. The summed E-state index contributed by atoms with van der Waals surface area (Å²) < 4.78 is 11.5. The first-order valence-electron chi connectivity index (χ1n) is 9.00. The van der Waals surface area contributed by atoms with Gasteiger partial charge in [0.05, 0.1) is 0 Å². The zero-order valence-corrected chi connectivity index (χ0v) is 15.5. The van der Waals surface area contributed by atoms with E-state index in [2.05, 4.69) is 5.32 Å². The van der Waals surface area contributed by atoms with E-state index in [9.17, 15) is 4.79 Å². The number of rotatable bonds is 10. The smallest absolute Gasteiger partial charge is 0.258 e. The van der Waals surface area contributed by atoms with Gasteiger partial charge in [-0.15, -0.1) is 0 Å². The third kappa shape index (κ3) is 6.08.